The van der Waals surface area contributed by atoms with Crippen LogP contribution < -0.4 is 26.4 Å². The van der Waals surface area contributed by atoms with Gasteiger partial charge in [0, 0.05) is 12.0 Å². The van der Waals surface area contributed by atoms with E-state index in [4.69, 9.17) is 15.0 Å². The van der Waals surface area contributed by atoms with Crippen LogP contribution in [0.25, 0.3) is 11.5 Å². The van der Waals surface area contributed by atoms with Gasteiger partial charge in [0.1, 0.15) is 23.5 Å². The number of hydrogen-bond donors (Lipinski definition) is 5. The normalized spacial score (nSPS) is 14.8. The molecule has 2 aromatic heterocycles. The van der Waals surface area contributed by atoms with E-state index in [0.717, 1.165) is 12.8 Å². The summed E-state index contributed by atoms with van der Waals surface area (Å²) in [6.07, 6.45) is 0.793. The first-order valence-electron chi connectivity index (χ1n) is 12.2. The third-order valence-corrected chi connectivity index (χ3v) is 5.68. The van der Waals surface area contributed by atoms with Gasteiger partial charge in [0.25, 0.3) is 11.8 Å². The van der Waals surface area contributed by atoms with Crippen LogP contribution in [0.5, 0.6) is 5.75 Å². The molecule has 4 rings (SSSR count). The standard InChI is InChI=1S/C22H29B3N8O5/c1-9(34)15(26)18-29-21(38-33-18)11-4-3-5-12(17(11)37-2)27-13-8-14(28-19(35)10-6-7-10)31-32-16(13)20(36)30-22(23,24)25/h3-5,8-10,15,34H,6-7,23-26H2,1-2H3,(H,30,36)(H2,27,28,31,35)/t9-,15+/m1/s1. The summed E-state index contributed by atoms with van der Waals surface area (Å²) < 4.78 is 11.0. The second-order valence-corrected chi connectivity index (χ2v) is 10.2. The SMILES string of the molecule is BC(B)(B)NC(=O)c1nnc(NC(=O)C2CC2)cc1Nc1cccc(-c2nc([C@@H](N)[C@@H](C)O)no2)c1OC. The first kappa shape index (κ1) is 27.1. The van der Waals surface area contributed by atoms with Crippen LogP contribution in [0.4, 0.5) is 17.2 Å². The van der Waals surface area contributed by atoms with Crippen molar-refractivity contribution in [3.8, 4) is 17.2 Å². The van der Waals surface area contributed by atoms with Crippen LogP contribution in [0.1, 0.15) is 42.1 Å². The highest BCUT2D eigenvalue weighted by molar-refractivity contribution is 6.60. The zero-order chi connectivity index (χ0) is 27.6. The molecule has 2 amide bonds. The molecule has 0 spiro atoms. The van der Waals surface area contributed by atoms with E-state index in [9.17, 15) is 14.7 Å². The monoisotopic (exact) mass is 518 g/mol. The highest BCUT2D eigenvalue weighted by Gasteiger charge is 2.30. The van der Waals surface area contributed by atoms with Gasteiger partial charge in [-0.05, 0) is 37.1 Å². The average molecular weight is 518 g/mol. The molecule has 2 heterocycles. The van der Waals surface area contributed by atoms with Crippen molar-refractivity contribution >= 4 is 52.5 Å². The molecular weight excluding hydrogens is 489 g/mol. The fraction of sp³-hybridized carbons (Fsp3) is 0.364. The lowest BCUT2D eigenvalue weighted by Gasteiger charge is -2.21. The van der Waals surface area contributed by atoms with E-state index >= 15 is 0 Å². The molecule has 6 N–H and O–H groups in total. The zero-order valence-electron chi connectivity index (χ0n) is 21.9. The van der Waals surface area contributed by atoms with E-state index in [2.05, 4.69) is 36.3 Å². The molecule has 0 radical (unpaired) electrons. The summed E-state index contributed by atoms with van der Waals surface area (Å²) in [6.45, 7) is 1.53. The molecule has 0 unspecified atom stereocenters. The molecule has 1 aliphatic carbocycles. The van der Waals surface area contributed by atoms with E-state index in [1.807, 2.05) is 23.5 Å². The van der Waals surface area contributed by atoms with E-state index in [1.54, 1.807) is 24.3 Å². The third-order valence-electron chi connectivity index (χ3n) is 5.68. The summed E-state index contributed by atoms with van der Waals surface area (Å²) >= 11 is 0. The molecule has 3 aromatic rings. The smallest absolute Gasteiger partial charge is 0.272 e. The van der Waals surface area contributed by atoms with E-state index in [1.165, 1.54) is 14.0 Å². The van der Waals surface area contributed by atoms with Crippen molar-refractivity contribution in [3.05, 3.63) is 35.8 Å². The van der Waals surface area contributed by atoms with Crippen molar-refractivity contribution in [2.45, 2.75) is 37.1 Å². The maximum atomic E-state index is 13.0. The van der Waals surface area contributed by atoms with E-state index in [-0.39, 0.29) is 35.1 Å². The molecular formula is C22H29B3N8O5. The topological polar surface area (TPSA) is 190 Å². The Hall–Kier alpha value is -3.91. The number of anilines is 3. The van der Waals surface area contributed by atoms with Gasteiger partial charge in [0.2, 0.25) is 5.91 Å². The summed E-state index contributed by atoms with van der Waals surface area (Å²) in [4.78, 5) is 29.7. The minimum Gasteiger partial charge on any atom is -0.494 e. The lowest BCUT2D eigenvalue weighted by atomic mass is 9.49. The molecule has 13 nitrogen and oxygen atoms in total. The number of aliphatic hydroxyl groups excluding tert-OH is 1. The van der Waals surface area contributed by atoms with Crippen molar-refractivity contribution in [1.29, 1.82) is 0 Å². The molecule has 2 atom stereocenters. The molecule has 196 valence electrons. The molecule has 0 bridgehead atoms. The number of amides is 2. The van der Waals surface area contributed by atoms with Gasteiger partial charge in [-0.15, -0.1) is 10.2 Å². The van der Waals surface area contributed by atoms with Gasteiger partial charge in [-0.1, -0.05) is 11.2 Å². The highest BCUT2D eigenvalue weighted by atomic mass is 16.5. The summed E-state index contributed by atoms with van der Waals surface area (Å²) in [5, 5.41) is 30.1. The maximum Gasteiger partial charge on any atom is 0.272 e. The number of ether oxygens (including phenoxy) is 1. The predicted octanol–water partition coefficient (Wildman–Crippen LogP) is -1.75. The number of nitrogens with zero attached hydrogens (tertiary/aromatic N) is 4. The number of carbonyl (C=O) groups excluding carboxylic acids is 2. The quantitative estimate of drug-likeness (QED) is 0.192. The molecule has 0 saturated heterocycles. The van der Waals surface area contributed by atoms with Crippen molar-refractivity contribution in [2.75, 3.05) is 17.7 Å². The molecule has 1 saturated carbocycles. The number of nitrogens with two attached hydrogens (primary N) is 1. The minimum atomic E-state index is -0.873. The Balaban J connectivity index is 1.71. The van der Waals surface area contributed by atoms with Gasteiger partial charge in [0.15, 0.2) is 23.1 Å². The van der Waals surface area contributed by atoms with Crippen LogP contribution in [0.3, 0.4) is 0 Å². The van der Waals surface area contributed by atoms with Crippen molar-refractivity contribution in [3.63, 3.8) is 0 Å². The van der Waals surface area contributed by atoms with Crippen molar-refractivity contribution in [1.82, 2.24) is 25.7 Å². The van der Waals surface area contributed by atoms with Gasteiger partial charge in [-0.25, -0.2) is 0 Å². The summed E-state index contributed by atoms with van der Waals surface area (Å²) in [7, 11) is 7.03. The van der Waals surface area contributed by atoms with E-state index < -0.39 is 23.3 Å². The number of nitrogens with one attached hydrogen (secondary N) is 3. The van der Waals surface area contributed by atoms with Gasteiger partial charge >= 0.3 is 0 Å². The van der Waals surface area contributed by atoms with Gasteiger partial charge in [0.05, 0.1) is 36.2 Å². The number of hydrogen-bond acceptors (Lipinski definition) is 11. The Labute approximate surface area is 221 Å². The fourth-order valence-electron chi connectivity index (χ4n) is 3.55. The summed E-state index contributed by atoms with van der Waals surface area (Å²) in [6, 6.07) is 5.90. The second-order valence-electron chi connectivity index (χ2n) is 10.2. The van der Waals surface area contributed by atoms with Gasteiger partial charge in [-0.2, -0.15) is 4.98 Å². The van der Waals surface area contributed by atoms with Crippen LogP contribution >= 0.6 is 0 Å². The molecule has 0 aliphatic heterocycles. The maximum absolute atomic E-state index is 13.0. The number of rotatable bonds is 10. The Morgan fingerprint density at radius 1 is 1.24 bits per heavy atom. The number of aromatic nitrogens is 4. The lowest BCUT2D eigenvalue weighted by molar-refractivity contribution is -0.117. The van der Waals surface area contributed by atoms with E-state index in [0.29, 0.717) is 22.7 Å². The van der Waals surface area contributed by atoms with Gasteiger partial charge in [-0.3, -0.25) is 9.59 Å². The fourth-order valence-corrected chi connectivity index (χ4v) is 3.55. The molecule has 1 aromatic carbocycles. The molecule has 38 heavy (non-hydrogen) atoms. The Morgan fingerprint density at radius 2 is 1.97 bits per heavy atom. The first-order valence-corrected chi connectivity index (χ1v) is 12.2. The number of methoxy groups -OCH3 is 1. The van der Waals surface area contributed by atoms with Crippen LogP contribution in [0, 0.1) is 5.92 Å². The number of aliphatic hydroxyl groups is 1. The lowest BCUT2D eigenvalue weighted by Crippen LogP contribution is -2.50. The first-order chi connectivity index (χ1) is 18.0. The summed E-state index contributed by atoms with van der Waals surface area (Å²) in [5.74, 6) is 0.209. The zero-order valence-corrected chi connectivity index (χ0v) is 21.9. The molecule has 1 fully saturated rings. The highest BCUT2D eigenvalue weighted by Crippen LogP contribution is 2.38. The number of benzene rings is 1. The largest absolute Gasteiger partial charge is 0.494 e. The molecule has 16 heteroatoms. The Kier molecular flexibility index (Phi) is 7.74. The Bertz CT molecular complexity index is 1340. The third kappa shape index (κ3) is 6.32. The number of carbonyl (C=O) groups is 2. The van der Waals surface area contributed by atoms with Crippen LogP contribution in [-0.4, -0.2) is 79.2 Å². The summed E-state index contributed by atoms with van der Waals surface area (Å²) in [5.41, 5.74) is 7.17. The predicted molar refractivity (Wildman–Crippen MR) is 147 cm³/mol. The number of para-hydroxylation sites is 1. The second kappa shape index (κ2) is 10.8. The van der Waals surface area contributed by atoms with Crippen LogP contribution in [-0.2, 0) is 4.79 Å². The van der Waals surface area contributed by atoms with Crippen molar-refractivity contribution in [2.24, 2.45) is 11.7 Å². The van der Waals surface area contributed by atoms with Crippen molar-refractivity contribution < 1.29 is 24.0 Å². The van der Waals surface area contributed by atoms with Crippen LogP contribution in [0.2, 0.25) is 0 Å². The molecule has 1 aliphatic rings. The Morgan fingerprint density at radius 3 is 2.61 bits per heavy atom. The average Bonchev–Trinajstić information content (AvgIpc) is 3.59. The van der Waals surface area contributed by atoms with Crippen LogP contribution in [0.15, 0.2) is 28.8 Å². The van der Waals surface area contributed by atoms with Gasteiger partial charge < -0.3 is 36.1 Å². The minimum absolute atomic E-state index is 0.0276.